The van der Waals surface area contributed by atoms with Crippen LogP contribution in [0, 0.1) is 0 Å². The van der Waals surface area contributed by atoms with Crippen LogP contribution in [0.5, 0.6) is 0 Å². The van der Waals surface area contributed by atoms with Gasteiger partial charge in [0, 0.05) is 13.0 Å². The Kier molecular flexibility index (Phi) is 4.73. The number of carbonyl (C=O) groups is 3. The molecule has 0 heterocycles. The summed E-state index contributed by atoms with van der Waals surface area (Å²) < 4.78 is 5.58. The third-order valence-corrected chi connectivity index (χ3v) is 7.37. The monoisotopic (exact) mass is 434 g/mol. The number of nitrogens with one attached hydrogen (secondary N) is 1. The summed E-state index contributed by atoms with van der Waals surface area (Å²) in [5.74, 6) is -1.41. The van der Waals surface area contributed by atoms with Crippen molar-refractivity contribution in [3.8, 4) is 11.1 Å². The molecular weight excluding hydrogens is 408 g/mol. The van der Waals surface area contributed by atoms with Crippen molar-refractivity contribution in [2.45, 2.75) is 49.1 Å². The van der Waals surface area contributed by atoms with Crippen molar-refractivity contribution in [2.75, 3.05) is 13.7 Å². The van der Waals surface area contributed by atoms with Gasteiger partial charge in [-0.15, -0.1) is 0 Å². The summed E-state index contributed by atoms with van der Waals surface area (Å²) in [5, 5.41) is 12.4. The van der Waals surface area contributed by atoms with Gasteiger partial charge in [-0.3, -0.25) is 4.79 Å². The maximum atomic E-state index is 13.1. The number of nitrogens with zero attached hydrogens (tertiary/aromatic N) is 1. The van der Waals surface area contributed by atoms with E-state index < -0.39 is 23.1 Å². The first-order valence-electron chi connectivity index (χ1n) is 11.0. The molecule has 0 unspecified atom stereocenters. The third-order valence-electron chi connectivity index (χ3n) is 7.37. The molecule has 7 heteroatoms. The average molecular weight is 434 g/mol. The molecule has 5 rings (SSSR count). The van der Waals surface area contributed by atoms with Crippen LogP contribution < -0.4 is 5.32 Å². The van der Waals surface area contributed by atoms with Crippen molar-refractivity contribution in [3.05, 3.63) is 59.7 Å². The van der Waals surface area contributed by atoms with E-state index in [9.17, 15) is 19.5 Å². The summed E-state index contributed by atoms with van der Waals surface area (Å²) >= 11 is 0. The SMILES string of the molecule is CN(C(=O)C1(NC(=O)OCC2c3ccccc3-c3ccccc32)CC1)C1(C(=O)O)CCC1. The molecule has 7 nitrogen and oxygen atoms in total. The van der Waals surface area contributed by atoms with E-state index in [0.717, 1.165) is 28.7 Å². The number of ether oxygens (including phenoxy) is 1. The minimum absolute atomic E-state index is 0.0630. The van der Waals surface area contributed by atoms with Crippen LogP contribution in [0.3, 0.4) is 0 Å². The number of hydrogen-bond donors (Lipinski definition) is 2. The Morgan fingerprint density at radius 1 is 1.00 bits per heavy atom. The molecule has 32 heavy (non-hydrogen) atoms. The molecular formula is C25H26N2O5. The quantitative estimate of drug-likeness (QED) is 0.725. The minimum Gasteiger partial charge on any atom is -0.479 e. The van der Waals surface area contributed by atoms with E-state index in [0.29, 0.717) is 25.7 Å². The fraction of sp³-hybridized carbons (Fsp3) is 0.400. The second-order valence-corrected chi connectivity index (χ2v) is 9.09. The standard InChI is InChI=1S/C25H26N2O5/c1-27(25(22(29)30)11-6-12-25)21(28)24(13-14-24)26-23(31)32-15-20-18-9-4-2-7-16(18)17-8-3-5-10-19(17)20/h2-5,7-10,20H,6,11-15H2,1H3,(H,26,31)(H,29,30). The first-order chi connectivity index (χ1) is 15.4. The topological polar surface area (TPSA) is 95.9 Å². The summed E-state index contributed by atoms with van der Waals surface area (Å²) in [6, 6.07) is 16.2. The highest BCUT2D eigenvalue weighted by Gasteiger charge is 2.59. The van der Waals surface area contributed by atoms with Gasteiger partial charge in [-0.1, -0.05) is 48.5 Å². The molecule has 2 N–H and O–H groups in total. The number of benzene rings is 2. The van der Waals surface area contributed by atoms with E-state index in [2.05, 4.69) is 17.4 Å². The van der Waals surface area contributed by atoms with Gasteiger partial charge in [0.1, 0.15) is 17.7 Å². The van der Waals surface area contributed by atoms with Crippen LogP contribution in [0.15, 0.2) is 48.5 Å². The summed E-state index contributed by atoms with van der Waals surface area (Å²) in [6.45, 7) is 0.166. The zero-order valence-corrected chi connectivity index (χ0v) is 18.0. The zero-order valence-electron chi connectivity index (χ0n) is 18.0. The lowest BCUT2D eigenvalue weighted by Gasteiger charge is -2.46. The van der Waals surface area contributed by atoms with Crippen molar-refractivity contribution in [1.82, 2.24) is 10.2 Å². The molecule has 0 spiro atoms. The number of fused-ring (bicyclic) bond motifs is 3. The average Bonchev–Trinajstić information content (AvgIpc) is 3.46. The molecule has 0 saturated heterocycles. The molecule has 3 aliphatic rings. The lowest BCUT2D eigenvalue weighted by molar-refractivity contribution is -0.165. The predicted molar refractivity (Wildman–Crippen MR) is 117 cm³/mol. The molecule has 2 aromatic rings. The summed E-state index contributed by atoms with van der Waals surface area (Å²) in [7, 11) is 1.52. The van der Waals surface area contributed by atoms with E-state index in [1.807, 2.05) is 36.4 Å². The van der Waals surface area contributed by atoms with Crippen molar-refractivity contribution in [2.24, 2.45) is 0 Å². The van der Waals surface area contributed by atoms with Crippen LogP contribution in [-0.4, -0.2) is 52.7 Å². The number of likely N-dealkylation sites (N-methyl/N-ethyl adjacent to an activating group) is 1. The molecule has 0 bridgehead atoms. The first kappa shape index (κ1) is 20.5. The Morgan fingerprint density at radius 2 is 1.56 bits per heavy atom. The largest absolute Gasteiger partial charge is 0.479 e. The Balaban J connectivity index is 1.26. The van der Waals surface area contributed by atoms with Gasteiger partial charge in [-0.25, -0.2) is 9.59 Å². The Bertz CT molecular complexity index is 1060. The van der Waals surface area contributed by atoms with Crippen LogP contribution in [0.2, 0.25) is 0 Å². The van der Waals surface area contributed by atoms with Crippen LogP contribution in [0.1, 0.15) is 49.1 Å². The molecule has 0 aliphatic heterocycles. The second kappa shape index (κ2) is 7.36. The Labute approximate surface area is 186 Å². The molecule has 0 radical (unpaired) electrons. The third kappa shape index (κ3) is 3.06. The van der Waals surface area contributed by atoms with Crippen LogP contribution >= 0.6 is 0 Å². The lowest BCUT2D eigenvalue weighted by Crippen LogP contribution is -2.63. The Morgan fingerprint density at radius 3 is 2.03 bits per heavy atom. The predicted octanol–water partition coefficient (Wildman–Crippen LogP) is 3.52. The number of carbonyl (C=O) groups excluding carboxylic acids is 2. The van der Waals surface area contributed by atoms with E-state index >= 15 is 0 Å². The molecule has 0 aromatic heterocycles. The minimum atomic E-state index is -1.16. The summed E-state index contributed by atoms with van der Waals surface area (Å²) in [5.41, 5.74) is 2.31. The van der Waals surface area contributed by atoms with Crippen molar-refractivity contribution >= 4 is 18.0 Å². The maximum Gasteiger partial charge on any atom is 0.408 e. The zero-order chi connectivity index (χ0) is 22.5. The normalized spacial score (nSPS) is 19.2. The number of alkyl carbamates (subject to hydrolysis) is 1. The molecule has 2 amide bonds. The van der Waals surface area contributed by atoms with E-state index in [-0.39, 0.29) is 18.4 Å². The highest BCUT2D eigenvalue weighted by Crippen LogP contribution is 2.45. The van der Waals surface area contributed by atoms with Gasteiger partial charge < -0.3 is 20.1 Å². The fourth-order valence-corrected chi connectivity index (χ4v) is 5.07. The molecule has 166 valence electrons. The smallest absolute Gasteiger partial charge is 0.408 e. The number of carboxylic acid groups (broad SMARTS) is 1. The van der Waals surface area contributed by atoms with Gasteiger partial charge >= 0.3 is 12.1 Å². The van der Waals surface area contributed by atoms with E-state index in [1.165, 1.54) is 11.9 Å². The molecule has 0 atom stereocenters. The highest BCUT2D eigenvalue weighted by atomic mass is 16.5. The first-order valence-corrected chi connectivity index (χ1v) is 11.0. The van der Waals surface area contributed by atoms with Crippen LogP contribution in [-0.2, 0) is 14.3 Å². The fourth-order valence-electron chi connectivity index (χ4n) is 5.07. The summed E-state index contributed by atoms with van der Waals surface area (Å²) in [4.78, 5) is 38.8. The number of aliphatic carboxylic acids is 1. The van der Waals surface area contributed by atoms with Gasteiger partial charge in [0.25, 0.3) is 0 Å². The van der Waals surface area contributed by atoms with Gasteiger partial charge in [0.2, 0.25) is 5.91 Å². The van der Waals surface area contributed by atoms with E-state index in [4.69, 9.17) is 4.74 Å². The highest BCUT2D eigenvalue weighted by molar-refractivity contribution is 5.96. The molecule has 2 aromatic carbocycles. The number of hydrogen-bond acceptors (Lipinski definition) is 4. The van der Waals surface area contributed by atoms with E-state index in [1.54, 1.807) is 0 Å². The van der Waals surface area contributed by atoms with Gasteiger partial charge in [0.05, 0.1) is 0 Å². The van der Waals surface area contributed by atoms with Gasteiger partial charge in [-0.2, -0.15) is 0 Å². The van der Waals surface area contributed by atoms with Crippen LogP contribution in [0.4, 0.5) is 4.79 Å². The molecule has 2 fully saturated rings. The molecule has 3 aliphatic carbocycles. The second-order valence-electron chi connectivity index (χ2n) is 9.09. The van der Waals surface area contributed by atoms with Gasteiger partial charge in [-0.05, 0) is 54.4 Å². The lowest BCUT2D eigenvalue weighted by atomic mass is 9.75. The van der Waals surface area contributed by atoms with Gasteiger partial charge in [0.15, 0.2) is 0 Å². The molecule has 2 saturated carbocycles. The Hall–Kier alpha value is -3.35. The number of rotatable bonds is 6. The van der Waals surface area contributed by atoms with Crippen molar-refractivity contribution in [3.63, 3.8) is 0 Å². The number of amides is 2. The summed E-state index contributed by atoms with van der Waals surface area (Å²) in [6.07, 6.45) is 1.96. The van der Waals surface area contributed by atoms with Crippen molar-refractivity contribution in [1.29, 1.82) is 0 Å². The van der Waals surface area contributed by atoms with Crippen molar-refractivity contribution < 1.29 is 24.2 Å². The maximum absolute atomic E-state index is 13.1. The van der Waals surface area contributed by atoms with Crippen LogP contribution in [0.25, 0.3) is 11.1 Å². The number of carboxylic acids is 1.